The van der Waals surface area contributed by atoms with E-state index in [9.17, 15) is 9.18 Å². The number of hydrogen-bond donors (Lipinski definition) is 3. The molecule has 0 aliphatic carbocycles. The van der Waals surface area contributed by atoms with Crippen LogP contribution in [0.1, 0.15) is 32.4 Å². The van der Waals surface area contributed by atoms with Crippen molar-refractivity contribution in [3.63, 3.8) is 0 Å². The number of urea groups is 1. The van der Waals surface area contributed by atoms with E-state index in [4.69, 9.17) is 5.11 Å². The van der Waals surface area contributed by atoms with Gasteiger partial charge in [0.1, 0.15) is 5.82 Å². The van der Waals surface area contributed by atoms with E-state index in [0.29, 0.717) is 24.3 Å². The molecule has 7 heteroatoms. The normalized spacial score (nSPS) is 13.4. The number of aromatic nitrogens is 2. The average Bonchev–Trinajstić information content (AvgIpc) is 2.87. The SMILES string of the molecule is CCC(C)(CCO)NC(=O)Nc1cc(C)n(-c2cccc(F)c2)n1. The fourth-order valence-electron chi connectivity index (χ4n) is 2.40. The maximum absolute atomic E-state index is 13.4. The van der Waals surface area contributed by atoms with Crippen LogP contribution in [0.2, 0.25) is 0 Å². The molecule has 0 bridgehead atoms. The quantitative estimate of drug-likeness (QED) is 0.760. The van der Waals surface area contributed by atoms with Crippen LogP contribution in [0.15, 0.2) is 30.3 Å². The zero-order valence-corrected chi connectivity index (χ0v) is 14.1. The minimum absolute atomic E-state index is 0.00206. The third-order valence-corrected chi connectivity index (χ3v) is 4.04. The second-order valence-corrected chi connectivity index (χ2v) is 6.03. The highest BCUT2D eigenvalue weighted by Crippen LogP contribution is 2.17. The van der Waals surface area contributed by atoms with E-state index in [2.05, 4.69) is 15.7 Å². The van der Waals surface area contributed by atoms with Gasteiger partial charge in [-0.15, -0.1) is 5.10 Å². The highest BCUT2D eigenvalue weighted by atomic mass is 19.1. The number of aliphatic hydroxyl groups excluding tert-OH is 1. The summed E-state index contributed by atoms with van der Waals surface area (Å²) in [6, 6.07) is 7.40. The van der Waals surface area contributed by atoms with E-state index >= 15 is 0 Å². The second-order valence-electron chi connectivity index (χ2n) is 6.03. The van der Waals surface area contributed by atoms with E-state index in [1.807, 2.05) is 20.8 Å². The van der Waals surface area contributed by atoms with Crippen molar-refractivity contribution in [3.8, 4) is 5.69 Å². The fraction of sp³-hybridized carbons (Fsp3) is 0.412. The number of anilines is 1. The minimum atomic E-state index is -0.487. The van der Waals surface area contributed by atoms with Gasteiger partial charge in [-0.1, -0.05) is 13.0 Å². The molecular formula is C17H23FN4O2. The lowest BCUT2D eigenvalue weighted by molar-refractivity contribution is 0.208. The number of benzene rings is 1. The minimum Gasteiger partial charge on any atom is -0.396 e. The van der Waals surface area contributed by atoms with E-state index in [1.165, 1.54) is 12.1 Å². The summed E-state index contributed by atoms with van der Waals surface area (Å²) in [5.41, 5.74) is 0.864. The molecule has 0 spiro atoms. The number of amides is 2. The van der Waals surface area contributed by atoms with Gasteiger partial charge in [0.25, 0.3) is 0 Å². The molecular weight excluding hydrogens is 311 g/mol. The van der Waals surface area contributed by atoms with Crippen LogP contribution in [-0.2, 0) is 0 Å². The van der Waals surface area contributed by atoms with Crippen molar-refractivity contribution >= 4 is 11.8 Å². The monoisotopic (exact) mass is 334 g/mol. The number of carbonyl (C=O) groups excluding carboxylic acids is 1. The van der Waals surface area contributed by atoms with Crippen LogP contribution >= 0.6 is 0 Å². The number of hydrogen-bond acceptors (Lipinski definition) is 3. The summed E-state index contributed by atoms with van der Waals surface area (Å²) in [5, 5.41) is 18.9. The lowest BCUT2D eigenvalue weighted by Crippen LogP contribution is -2.48. The summed E-state index contributed by atoms with van der Waals surface area (Å²) < 4.78 is 14.9. The van der Waals surface area contributed by atoms with Crippen LogP contribution in [0, 0.1) is 12.7 Å². The van der Waals surface area contributed by atoms with Crippen molar-refractivity contribution < 1.29 is 14.3 Å². The van der Waals surface area contributed by atoms with Crippen molar-refractivity contribution in [2.45, 2.75) is 39.2 Å². The van der Waals surface area contributed by atoms with E-state index < -0.39 is 11.6 Å². The second kappa shape index (κ2) is 7.44. The maximum atomic E-state index is 13.4. The third-order valence-electron chi connectivity index (χ3n) is 4.04. The molecule has 1 unspecified atom stereocenters. The van der Waals surface area contributed by atoms with Gasteiger partial charge < -0.3 is 10.4 Å². The van der Waals surface area contributed by atoms with Crippen LogP contribution < -0.4 is 10.6 Å². The van der Waals surface area contributed by atoms with Crippen LogP contribution in [0.5, 0.6) is 0 Å². The Bertz CT molecular complexity index is 716. The first-order chi connectivity index (χ1) is 11.4. The molecule has 0 radical (unpaired) electrons. The van der Waals surface area contributed by atoms with Crippen molar-refractivity contribution in [2.75, 3.05) is 11.9 Å². The van der Waals surface area contributed by atoms with Gasteiger partial charge in [0.2, 0.25) is 0 Å². The third kappa shape index (κ3) is 4.32. The van der Waals surface area contributed by atoms with Crippen LogP contribution in [0.25, 0.3) is 5.69 Å². The summed E-state index contributed by atoms with van der Waals surface area (Å²) in [4.78, 5) is 12.2. The molecule has 1 aromatic heterocycles. The van der Waals surface area contributed by atoms with Gasteiger partial charge in [-0.2, -0.15) is 0 Å². The van der Waals surface area contributed by atoms with Crippen molar-refractivity contribution in [1.82, 2.24) is 15.1 Å². The summed E-state index contributed by atoms with van der Waals surface area (Å²) in [6.07, 6.45) is 1.16. The molecule has 6 nitrogen and oxygen atoms in total. The van der Waals surface area contributed by atoms with Crippen LogP contribution in [0.4, 0.5) is 15.0 Å². The molecule has 0 saturated carbocycles. The molecule has 1 aromatic carbocycles. The lowest BCUT2D eigenvalue weighted by atomic mass is 9.95. The summed E-state index contributed by atoms with van der Waals surface area (Å²) in [5.74, 6) is 0.0223. The summed E-state index contributed by atoms with van der Waals surface area (Å²) in [7, 11) is 0. The first-order valence-electron chi connectivity index (χ1n) is 7.89. The van der Waals surface area contributed by atoms with Gasteiger partial charge in [0.15, 0.2) is 5.82 Å². The zero-order chi connectivity index (χ0) is 17.7. The Morgan fingerprint density at radius 3 is 2.79 bits per heavy atom. The molecule has 0 saturated heterocycles. The van der Waals surface area contributed by atoms with Crippen molar-refractivity contribution in [1.29, 1.82) is 0 Å². The highest BCUT2D eigenvalue weighted by Gasteiger charge is 2.24. The first-order valence-corrected chi connectivity index (χ1v) is 7.89. The molecule has 2 rings (SSSR count). The Morgan fingerprint density at radius 2 is 2.17 bits per heavy atom. The number of nitrogens with zero attached hydrogens (tertiary/aromatic N) is 2. The van der Waals surface area contributed by atoms with E-state index in [1.54, 1.807) is 22.9 Å². The van der Waals surface area contributed by atoms with E-state index in [0.717, 1.165) is 5.69 Å². The summed E-state index contributed by atoms with van der Waals surface area (Å²) >= 11 is 0. The topological polar surface area (TPSA) is 79.2 Å². The van der Waals surface area contributed by atoms with Crippen molar-refractivity contribution in [2.24, 2.45) is 0 Å². The van der Waals surface area contributed by atoms with Gasteiger partial charge in [0.05, 0.1) is 5.69 Å². The smallest absolute Gasteiger partial charge is 0.320 e. The molecule has 0 aliphatic rings. The molecule has 2 amide bonds. The zero-order valence-electron chi connectivity index (χ0n) is 14.1. The molecule has 130 valence electrons. The fourth-order valence-corrected chi connectivity index (χ4v) is 2.40. The van der Waals surface area contributed by atoms with Gasteiger partial charge in [0, 0.05) is 23.9 Å². The lowest BCUT2D eigenvalue weighted by Gasteiger charge is -2.28. The highest BCUT2D eigenvalue weighted by molar-refractivity contribution is 5.88. The summed E-state index contributed by atoms with van der Waals surface area (Å²) in [6.45, 7) is 5.64. The average molecular weight is 334 g/mol. The molecule has 1 atom stereocenters. The Morgan fingerprint density at radius 1 is 1.42 bits per heavy atom. The molecule has 0 aliphatic heterocycles. The predicted molar refractivity (Wildman–Crippen MR) is 90.8 cm³/mol. The largest absolute Gasteiger partial charge is 0.396 e. The first kappa shape index (κ1) is 17.9. The molecule has 1 heterocycles. The van der Waals surface area contributed by atoms with Crippen molar-refractivity contribution in [3.05, 3.63) is 41.8 Å². The van der Waals surface area contributed by atoms with E-state index in [-0.39, 0.29) is 12.4 Å². The standard InChI is InChI=1S/C17H23FN4O2/c1-4-17(3,8-9-23)20-16(24)19-15-10-12(2)22(21-15)14-7-5-6-13(18)11-14/h5-7,10-11,23H,4,8-9H2,1-3H3,(H2,19,20,21,24). The number of carbonyl (C=O) groups is 1. The Hall–Kier alpha value is -2.41. The van der Waals surface area contributed by atoms with Gasteiger partial charge >= 0.3 is 6.03 Å². The number of halogens is 1. The molecule has 24 heavy (non-hydrogen) atoms. The predicted octanol–water partition coefficient (Wildman–Crippen LogP) is 2.99. The molecule has 3 N–H and O–H groups in total. The number of rotatable bonds is 6. The Labute approximate surface area is 140 Å². The van der Waals surface area contributed by atoms with Crippen LogP contribution in [-0.4, -0.2) is 33.1 Å². The Balaban J connectivity index is 2.11. The van der Waals surface area contributed by atoms with Crippen LogP contribution in [0.3, 0.4) is 0 Å². The number of aliphatic hydroxyl groups is 1. The number of nitrogens with one attached hydrogen (secondary N) is 2. The maximum Gasteiger partial charge on any atom is 0.320 e. The van der Waals surface area contributed by atoms with Gasteiger partial charge in [-0.3, -0.25) is 5.32 Å². The number of aryl methyl sites for hydroxylation is 1. The Kier molecular flexibility index (Phi) is 5.56. The molecule has 2 aromatic rings. The molecule has 0 fully saturated rings. The van der Waals surface area contributed by atoms with Gasteiger partial charge in [-0.05, 0) is 44.9 Å². The van der Waals surface area contributed by atoms with Gasteiger partial charge in [-0.25, -0.2) is 13.9 Å².